The molecule has 0 spiro atoms. The number of aliphatic hydroxyl groups is 1. The smallest absolute Gasteiger partial charge is 0.224 e. The first-order valence-electron chi connectivity index (χ1n) is 8.85. The van der Waals surface area contributed by atoms with Crippen molar-refractivity contribution < 1.29 is 9.90 Å². The standard InChI is InChI=1S/C19H30N2O2/c1-4-19(23)20-17-10-8-16(9-11-17)18(22)12-13-21-14(2)6-5-7-15(21)3/h8-11,14-15,18,22H,4-7,12-13H2,1-3H3,(H,20,23). The highest BCUT2D eigenvalue weighted by atomic mass is 16.3. The molecule has 2 rings (SSSR count). The van der Waals surface area contributed by atoms with Crippen LogP contribution in [0.4, 0.5) is 5.69 Å². The van der Waals surface area contributed by atoms with Crippen molar-refractivity contribution >= 4 is 11.6 Å². The second kappa shape index (κ2) is 8.46. The van der Waals surface area contributed by atoms with Crippen LogP contribution in [0.1, 0.15) is 64.5 Å². The van der Waals surface area contributed by atoms with E-state index in [1.54, 1.807) is 0 Å². The van der Waals surface area contributed by atoms with Gasteiger partial charge in [0.2, 0.25) is 5.91 Å². The molecular weight excluding hydrogens is 288 g/mol. The summed E-state index contributed by atoms with van der Waals surface area (Å²) in [5, 5.41) is 13.3. The number of piperidine rings is 1. The summed E-state index contributed by atoms with van der Waals surface area (Å²) in [5.74, 6) is 0.00590. The van der Waals surface area contributed by atoms with Gasteiger partial charge in [0.1, 0.15) is 0 Å². The Kier molecular flexibility index (Phi) is 6.60. The average Bonchev–Trinajstić information content (AvgIpc) is 2.54. The number of likely N-dealkylation sites (tertiary alicyclic amines) is 1. The molecule has 1 aromatic carbocycles. The highest BCUT2D eigenvalue weighted by molar-refractivity contribution is 5.90. The fourth-order valence-electron chi connectivity index (χ4n) is 3.39. The van der Waals surface area contributed by atoms with E-state index >= 15 is 0 Å². The number of carbonyl (C=O) groups excluding carboxylic acids is 1. The molecule has 4 nitrogen and oxygen atoms in total. The highest BCUT2D eigenvalue weighted by Crippen LogP contribution is 2.25. The van der Waals surface area contributed by atoms with Gasteiger partial charge in [0, 0.05) is 30.7 Å². The maximum absolute atomic E-state index is 11.4. The van der Waals surface area contributed by atoms with Crippen LogP contribution < -0.4 is 5.32 Å². The van der Waals surface area contributed by atoms with Crippen molar-refractivity contribution in [3.8, 4) is 0 Å². The summed E-state index contributed by atoms with van der Waals surface area (Å²) in [4.78, 5) is 13.9. The van der Waals surface area contributed by atoms with Gasteiger partial charge in [-0.1, -0.05) is 25.5 Å². The van der Waals surface area contributed by atoms with Crippen molar-refractivity contribution in [3.05, 3.63) is 29.8 Å². The van der Waals surface area contributed by atoms with Crippen molar-refractivity contribution in [1.29, 1.82) is 0 Å². The molecule has 4 heteroatoms. The second-order valence-corrected chi connectivity index (χ2v) is 6.69. The summed E-state index contributed by atoms with van der Waals surface area (Å²) >= 11 is 0. The van der Waals surface area contributed by atoms with E-state index in [-0.39, 0.29) is 5.91 Å². The van der Waals surface area contributed by atoms with E-state index in [4.69, 9.17) is 0 Å². The van der Waals surface area contributed by atoms with Gasteiger partial charge in [0.15, 0.2) is 0 Å². The van der Waals surface area contributed by atoms with Crippen LogP contribution in [0.5, 0.6) is 0 Å². The van der Waals surface area contributed by atoms with Gasteiger partial charge in [-0.05, 0) is 50.8 Å². The van der Waals surface area contributed by atoms with Crippen LogP contribution in [-0.4, -0.2) is 34.5 Å². The Morgan fingerprint density at radius 1 is 1.26 bits per heavy atom. The normalized spacial score (nSPS) is 23.5. The maximum atomic E-state index is 11.4. The van der Waals surface area contributed by atoms with Crippen LogP contribution in [0, 0.1) is 0 Å². The number of amides is 1. The zero-order chi connectivity index (χ0) is 16.8. The summed E-state index contributed by atoms with van der Waals surface area (Å²) in [6, 6.07) is 8.74. The van der Waals surface area contributed by atoms with Crippen molar-refractivity contribution in [2.45, 2.75) is 71.1 Å². The van der Waals surface area contributed by atoms with Gasteiger partial charge >= 0.3 is 0 Å². The lowest BCUT2D eigenvalue weighted by atomic mass is 9.96. The fraction of sp³-hybridized carbons (Fsp3) is 0.632. The molecule has 3 unspecified atom stereocenters. The Bertz CT molecular complexity index is 491. The van der Waals surface area contributed by atoms with Crippen LogP contribution >= 0.6 is 0 Å². The minimum atomic E-state index is -0.452. The van der Waals surface area contributed by atoms with Crippen molar-refractivity contribution in [2.24, 2.45) is 0 Å². The molecule has 1 heterocycles. The van der Waals surface area contributed by atoms with E-state index in [1.807, 2.05) is 31.2 Å². The lowest BCUT2D eigenvalue weighted by Crippen LogP contribution is -2.44. The Morgan fingerprint density at radius 3 is 2.43 bits per heavy atom. The van der Waals surface area contributed by atoms with E-state index in [9.17, 15) is 9.90 Å². The summed E-state index contributed by atoms with van der Waals surface area (Å²) in [5.41, 5.74) is 1.70. The van der Waals surface area contributed by atoms with Crippen molar-refractivity contribution in [1.82, 2.24) is 4.90 Å². The molecule has 128 valence electrons. The number of benzene rings is 1. The van der Waals surface area contributed by atoms with Gasteiger partial charge < -0.3 is 10.4 Å². The quantitative estimate of drug-likeness (QED) is 0.840. The third kappa shape index (κ3) is 5.05. The molecule has 0 radical (unpaired) electrons. The van der Waals surface area contributed by atoms with Crippen LogP contribution in [-0.2, 0) is 4.79 Å². The monoisotopic (exact) mass is 318 g/mol. The Hall–Kier alpha value is -1.39. The predicted molar refractivity (Wildman–Crippen MR) is 94.4 cm³/mol. The van der Waals surface area contributed by atoms with E-state index < -0.39 is 6.10 Å². The number of carbonyl (C=O) groups is 1. The molecule has 0 bridgehead atoms. The first-order valence-corrected chi connectivity index (χ1v) is 8.85. The third-order valence-corrected chi connectivity index (χ3v) is 4.94. The topological polar surface area (TPSA) is 52.6 Å². The summed E-state index contributed by atoms with van der Waals surface area (Å²) in [6.07, 6.45) is 4.59. The first-order chi connectivity index (χ1) is 11.0. The van der Waals surface area contributed by atoms with Gasteiger partial charge in [-0.3, -0.25) is 9.69 Å². The number of aliphatic hydroxyl groups excluding tert-OH is 1. The molecule has 1 fully saturated rings. The molecule has 1 aliphatic heterocycles. The van der Waals surface area contributed by atoms with Crippen LogP contribution in [0.2, 0.25) is 0 Å². The van der Waals surface area contributed by atoms with Gasteiger partial charge in [-0.25, -0.2) is 0 Å². The molecule has 3 atom stereocenters. The minimum absolute atomic E-state index is 0.00590. The van der Waals surface area contributed by atoms with Crippen LogP contribution in [0.25, 0.3) is 0 Å². The predicted octanol–water partition coefficient (Wildman–Crippen LogP) is 3.72. The summed E-state index contributed by atoms with van der Waals surface area (Å²) in [7, 11) is 0. The van der Waals surface area contributed by atoms with E-state index in [2.05, 4.69) is 24.1 Å². The van der Waals surface area contributed by atoms with E-state index in [0.29, 0.717) is 18.5 Å². The first kappa shape index (κ1) is 18.0. The number of anilines is 1. The largest absolute Gasteiger partial charge is 0.388 e. The van der Waals surface area contributed by atoms with Crippen LogP contribution in [0.3, 0.4) is 0 Å². The number of rotatable bonds is 6. The molecule has 0 aliphatic carbocycles. The van der Waals surface area contributed by atoms with E-state index in [1.165, 1.54) is 19.3 Å². The SMILES string of the molecule is CCC(=O)Nc1ccc(C(O)CCN2C(C)CCCC2C)cc1. The number of hydrogen-bond acceptors (Lipinski definition) is 3. The van der Waals surface area contributed by atoms with E-state index in [0.717, 1.165) is 24.2 Å². The van der Waals surface area contributed by atoms with Gasteiger partial charge in [-0.15, -0.1) is 0 Å². The van der Waals surface area contributed by atoms with Gasteiger partial charge in [0.25, 0.3) is 0 Å². The summed E-state index contributed by atoms with van der Waals surface area (Å²) in [6.45, 7) is 7.33. The Balaban J connectivity index is 1.87. The molecule has 0 aromatic heterocycles. The lowest BCUT2D eigenvalue weighted by Gasteiger charge is -2.39. The molecular formula is C19H30N2O2. The molecule has 1 aliphatic rings. The number of hydrogen-bond donors (Lipinski definition) is 2. The lowest BCUT2D eigenvalue weighted by molar-refractivity contribution is -0.115. The highest BCUT2D eigenvalue weighted by Gasteiger charge is 2.24. The molecule has 0 saturated carbocycles. The average molecular weight is 318 g/mol. The van der Waals surface area contributed by atoms with Crippen molar-refractivity contribution in [3.63, 3.8) is 0 Å². The van der Waals surface area contributed by atoms with Crippen LogP contribution in [0.15, 0.2) is 24.3 Å². The fourth-order valence-corrected chi connectivity index (χ4v) is 3.39. The minimum Gasteiger partial charge on any atom is -0.388 e. The third-order valence-electron chi connectivity index (χ3n) is 4.94. The Labute approximate surface area is 139 Å². The molecule has 1 amide bonds. The Morgan fingerprint density at radius 2 is 1.87 bits per heavy atom. The van der Waals surface area contributed by atoms with Gasteiger partial charge in [0.05, 0.1) is 6.10 Å². The maximum Gasteiger partial charge on any atom is 0.224 e. The number of nitrogens with one attached hydrogen (secondary N) is 1. The van der Waals surface area contributed by atoms with Gasteiger partial charge in [-0.2, -0.15) is 0 Å². The molecule has 1 aromatic rings. The molecule has 1 saturated heterocycles. The molecule has 2 N–H and O–H groups in total. The summed E-state index contributed by atoms with van der Waals surface area (Å²) < 4.78 is 0. The van der Waals surface area contributed by atoms with Crippen molar-refractivity contribution in [2.75, 3.05) is 11.9 Å². The zero-order valence-corrected chi connectivity index (χ0v) is 14.6. The number of nitrogens with zero attached hydrogens (tertiary/aromatic N) is 1. The second-order valence-electron chi connectivity index (χ2n) is 6.69. The zero-order valence-electron chi connectivity index (χ0n) is 14.6. The molecule has 23 heavy (non-hydrogen) atoms.